The number of likely N-dealkylation sites (tertiary alicyclic amines) is 1. The van der Waals surface area contributed by atoms with Gasteiger partial charge in [0.25, 0.3) is 0 Å². The summed E-state index contributed by atoms with van der Waals surface area (Å²) in [7, 11) is 1.78. The van der Waals surface area contributed by atoms with Crippen molar-refractivity contribution in [3.05, 3.63) is 11.8 Å². The van der Waals surface area contributed by atoms with Gasteiger partial charge >= 0.3 is 0 Å². The van der Waals surface area contributed by atoms with Crippen LogP contribution >= 0.6 is 0 Å². The molecule has 1 aliphatic heterocycles. The predicted octanol–water partition coefficient (Wildman–Crippen LogP) is 2.22. The molecule has 2 heterocycles. The molecule has 0 bridgehead atoms. The highest BCUT2D eigenvalue weighted by Gasteiger charge is 2.47. The van der Waals surface area contributed by atoms with Crippen molar-refractivity contribution in [2.24, 2.45) is 18.9 Å². The lowest BCUT2D eigenvalue weighted by Gasteiger charge is -2.19. The van der Waals surface area contributed by atoms with Crippen molar-refractivity contribution in [3.8, 4) is 0 Å². The Kier molecular flexibility index (Phi) is 4.90. The molecule has 3 amide bonds. The number of aryl methyl sites for hydroxylation is 1. The number of imide groups is 1. The van der Waals surface area contributed by atoms with Crippen LogP contribution in [0.1, 0.15) is 58.6 Å². The van der Waals surface area contributed by atoms with Crippen molar-refractivity contribution in [1.82, 2.24) is 14.7 Å². The van der Waals surface area contributed by atoms with Crippen LogP contribution in [0.2, 0.25) is 0 Å². The predicted molar refractivity (Wildman–Crippen MR) is 97.3 cm³/mol. The molecule has 7 nitrogen and oxygen atoms in total. The minimum Gasteiger partial charge on any atom is -0.311 e. The highest BCUT2D eigenvalue weighted by molar-refractivity contribution is 6.05. The molecule has 2 fully saturated rings. The molecular formula is C19H28N4O3. The van der Waals surface area contributed by atoms with Gasteiger partial charge in [-0.25, -0.2) is 0 Å². The molecule has 1 aromatic heterocycles. The largest absolute Gasteiger partial charge is 0.311 e. The molecule has 142 valence electrons. The zero-order valence-electron chi connectivity index (χ0n) is 16.0. The minimum absolute atomic E-state index is 0.0944. The van der Waals surface area contributed by atoms with Gasteiger partial charge in [-0.2, -0.15) is 5.10 Å². The average molecular weight is 360 g/mol. The second-order valence-corrected chi connectivity index (χ2v) is 8.41. The minimum atomic E-state index is -0.219. The summed E-state index contributed by atoms with van der Waals surface area (Å²) in [6.45, 7) is 6.33. The number of aromatic nitrogens is 2. The van der Waals surface area contributed by atoms with Gasteiger partial charge in [-0.3, -0.25) is 24.0 Å². The summed E-state index contributed by atoms with van der Waals surface area (Å²) in [6.07, 6.45) is 3.70. The smallest absolute Gasteiger partial charge is 0.233 e. The summed E-state index contributed by atoms with van der Waals surface area (Å²) in [5.74, 6) is -0.112. The molecular weight excluding hydrogens is 332 g/mol. The first kappa shape index (κ1) is 18.6. The van der Waals surface area contributed by atoms with E-state index in [2.05, 4.69) is 31.2 Å². The third-order valence-corrected chi connectivity index (χ3v) is 5.41. The Morgan fingerprint density at radius 3 is 2.27 bits per heavy atom. The van der Waals surface area contributed by atoms with E-state index < -0.39 is 0 Å². The molecule has 3 rings (SSSR count). The van der Waals surface area contributed by atoms with Crippen LogP contribution in [0.25, 0.3) is 0 Å². The average Bonchev–Trinajstić information content (AvgIpc) is 3.05. The van der Waals surface area contributed by atoms with Gasteiger partial charge in [-0.1, -0.05) is 33.6 Å². The van der Waals surface area contributed by atoms with E-state index in [1.807, 2.05) is 6.07 Å². The van der Waals surface area contributed by atoms with Crippen LogP contribution in [-0.2, 0) is 26.8 Å². The van der Waals surface area contributed by atoms with Gasteiger partial charge in [-0.15, -0.1) is 0 Å². The maximum absolute atomic E-state index is 12.4. The lowest BCUT2D eigenvalue weighted by Crippen LogP contribution is -2.34. The summed E-state index contributed by atoms with van der Waals surface area (Å²) in [5, 5.41) is 7.26. The molecule has 0 unspecified atom stereocenters. The van der Waals surface area contributed by atoms with E-state index in [9.17, 15) is 14.4 Å². The highest BCUT2D eigenvalue weighted by Crippen LogP contribution is 2.38. The molecule has 1 saturated heterocycles. The van der Waals surface area contributed by atoms with Crippen molar-refractivity contribution >= 4 is 23.5 Å². The fraction of sp³-hybridized carbons (Fsp3) is 0.684. The van der Waals surface area contributed by atoms with Crippen molar-refractivity contribution in [1.29, 1.82) is 0 Å². The normalized spacial score (nSPS) is 23.3. The number of carbonyl (C=O) groups is 3. The summed E-state index contributed by atoms with van der Waals surface area (Å²) < 4.78 is 1.64. The number of fused-ring (bicyclic) bond motifs is 1. The Balaban J connectivity index is 1.59. The molecule has 1 N–H and O–H groups in total. The molecule has 0 aromatic carbocycles. The first-order valence-corrected chi connectivity index (χ1v) is 9.38. The van der Waals surface area contributed by atoms with E-state index in [0.29, 0.717) is 5.82 Å². The molecule has 2 atom stereocenters. The SMILES string of the molecule is Cn1nc(C(C)(C)C)cc1NC(=O)CCN1C(=O)[C@@H]2CCCC[C@H]2C1=O. The van der Waals surface area contributed by atoms with Gasteiger partial charge in [-0.05, 0) is 12.8 Å². The van der Waals surface area contributed by atoms with Crippen LogP contribution in [-0.4, -0.2) is 38.9 Å². The monoisotopic (exact) mass is 360 g/mol. The van der Waals surface area contributed by atoms with Gasteiger partial charge in [0.15, 0.2) is 0 Å². The van der Waals surface area contributed by atoms with Crippen LogP contribution in [0.5, 0.6) is 0 Å². The number of amides is 3. The number of nitrogens with one attached hydrogen (secondary N) is 1. The third kappa shape index (κ3) is 3.52. The van der Waals surface area contributed by atoms with Crippen LogP contribution in [0.15, 0.2) is 6.07 Å². The fourth-order valence-corrected chi connectivity index (χ4v) is 3.82. The van der Waals surface area contributed by atoms with E-state index >= 15 is 0 Å². The zero-order valence-corrected chi connectivity index (χ0v) is 16.0. The third-order valence-electron chi connectivity index (χ3n) is 5.41. The Labute approximate surface area is 154 Å². The molecule has 26 heavy (non-hydrogen) atoms. The Bertz CT molecular complexity index is 708. The van der Waals surface area contributed by atoms with Gasteiger partial charge in [0.1, 0.15) is 5.82 Å². The Morgan fingerprint density at radius 1 is 1.19 bits per heavy atom. The standard InChI is InChI=1S/C19H28N4O3/c1-19(2,3)14-11-15(22(4)21-14)20-16(24)9-10-23-17(25)12-7-5-6-8-13(12)18(23)26/h11-13H,5-10H2,1-4H3,(H,20,24)/t12-,13-/m1/s1. The summed E-state index contributed by atoms with van der Waals surface area (Å²) >= 11 is 0. The van der Waals surface area contributed by atoms with Crippen molar-refractivity contribution in [2.45, 2.75) is 58.3 Å². The quantitative estimate of drug-likeness (QED) is 0.835. The molecule has 1 aliphatic carbocycles. The fourth-order valence-electron chi connectivity index (χ4n) is 3.82. The van der Waals surface area contributed by atoms with Gasteiger partial charge < -0.3 is 5.32 Å². The van der Waals surface area contributed by atoms with Gasteiger partial charge in [0, 0.05) is 31.5 Å². The number of anilines is 1. The number of rotatable bonds is 4. The first-order valence-electron chi connectivity index (χ1n) is 9.38. The number of nitrogens with zero attached hydrogens (tertiary/aromatic N) is 3. The lowest BCUT2D eigenvalue weighted by atomic mass is 9.81. The molecule has 7 heteroatoms. The first-order chi connectivity index (χ1) is 12.2. The van der Waals surface area contributed by atoms with E-state index in [1.54, 1.807) is 11.7 Å². The van der Waals surface area contributed by atoms with Gasteiger partial charge in [0.2, 0.25) is 17.7 Å². The van der Waals surface area contributed by atoms with E-state index in [-0.39, 0.29) is 47.9 Å². The molecule has 1 aromatic rings. The molecule has 2 aliphatic rings. The topological polar surface area (TPSA) is 84.3 Å². The van der Waals surface area contributed by atoms with Crippen LogP contribution in [0.3, 0.4) is 0 Å². The van der Waals surface area contributed by atoms with E-state index in [0.717, 1.165) is 31.4 Å². The Hall–Kier alpha value is -2.18. The summed E-state index contributed by atoms with van der Waals surface area (Å²) in [5.41, 5.74) is 0.787. The lowest BCUT2D eigenvalue weighted by molar-refractivity contribution is -0.140. The summed E-state index contributed by atoms with van der Waals surface area (Å²) in [4.78, 5) is 38.5. The van der Waals surface area contributed by atoms with Crippen molar-refractivity contribution in [2.75, 3.05) is 11.9 Å². The maximum Gasteiger partial charge on any atom is 0.233 e. The number of hydrogen-bond acceptors (Lipinski definition) is 4. The van der Waals surface area contributed by atoms with Crippen molar-refractivity contribution in [3.63, 3.8) is 0 Å². The molecule has 0 spiro atoms. The van der Waals surface area contributed by atoms with E-state index in [4.69, 9.17) is 0 Å². The second kappa shape index (κ2) is 6.85. The molecule has 0 radical (unpaired) electrons. The second-order valence-electron chi connectivity index (χ2n) is 8.41. The highest BCUT2D eigenvalue weighted by atomic mass is 16.2. The zero-order chi connectivity index (χ0) is 19.1. The van der Waals surface area contributed by atoms with Crippen molar-refractivity contribution < 1.29 is 14.4 Å². The maximum atomic E-state index is 12.4. The number of carbonyl (C=O) groups excluding carboxylic acids is 3. The van der Waals surface area contributed by atoms with Gasteiger partial charge in [0.05, 0.1) is 17.5 Å². The Morgan fingerprint density at radius 2 is 1.77 bits per heavy atom. The van der Waals surface area contributed by atoms with Crippen LogP contribution in [0, 0.1) is 11.8 Å². The molecule has 1 saturated carbocycles. The van der Waals surface area contributed by atoms with Crippen LogP contribution in [0.4, 0.5) is 5.82 Å². The van der Waals surface area contributed by atoms with Crippen LogP contribution < -0.4 is 5.32 Å². The summed E-state index contributed by atoms with van der Waals surface area (Å²) in [6, 6.07) is 1.86. The number of hydrogen-bond donors (Lipinski definition) is 1. The van der Waals surface area contributed by atoms with E-state index in [1.165, 1.54) is 4.90 Å².